The van der Waals surface area contributed by atoms with Gasteiger partial charge in [-0.05, 0) is 39.0 Å². The van der Waals surface area contributed by atoms with E-state index in [4.69, 9.17) is 4.99 Å². The number of hydrogen-bond acceptors (Lipinski definition) is 4. The molecule has 2 heterocycles. The molecule has 0 bridgehead atoms. The zero-order valence-corrected chi connectivity index (χ0v) is 19.3. The van der Waals surface area contributed by atoms with E-state index in [-0.39, 0.29) is 24.0 Å². The Labute approximate surface area is 179 Å². The van der Waals surface area contributed by atoms with Crippen molar-refractivity contribution >= 4 is 41.3 Å². The molecule has 0 spiro atoms. The van der Waals surface area contributed by atoms with Crippen LogP contribution < -0.4 is 10.6 Å². The van der Waals surface area contributed by atoms with Crippen molar-refractivity contribution in [1.82, 2.24) is 20.5 Å². The van der Waals surface area contributed by atoms with Crippen LogP contribution in [0, 0.1) is 0 Å². The molecule has 0 amide bonds. The van der Waals surface area contributed by atoms with Crippen LogP contribution in [0.2, 0.25) is 0 Å². The maximum atomic E-state index is 4.75. The van der Waals surface area contributed by atoms with E-state index < -0.39 is 0 Å². The number of hydrogen-bond donors (Lipinski definition) is 2. The molecule has 3 rings (SSSR count). The molecule has 1 aromatic heterocycles. The van der Waals surface area contributed by atoms with Gasteiger partial charge in [0.1, 0.15) is 0 Å². The fraction of sp³-hybridized carbons (Fsp3) is 0.789. The quantitative estimate of drug-likeness (QED) is 0.361. The Hall–Kier alpha value is -0.410. The van der Waals surface area contributed by atoms with Crippen LogP contribution in [-0.4, -0.2) is 47.6 Å². The van der Waals surface area contributed by atoms with Gasteiger partial charge in [0.05, 0.1) is 17.2 Å². The first kappa shape index (κ1) is 21.9. The Morgan fingerprint density at radius 2 is 1.96 bits per heavy atom. The Kier molecular flexibility index (Phi) is 9.63. The van der Waals surface area contributed by atoms with Crippen molar-refractivity contribution in [2.75, 3.05) is 19.6 Å². The molecule has 0 unspecified atom stereocenters. The number of aryl methyl sites for hydroxylation is 1. The number of nitrogens with zero attached hydrogens (tertiary/aromatic N) is 3. The zero-order chi connectivity index (χ0) is 17.5. The van der Waals surface area contributed by atoms with Crippen LogP contribution in [-0.2, 0) is 13.0 Å². The Morgan fingerprint density at radius 3 is 2.58 bits per heavy atom. The van der Waals surface area contributed by atoms with Crippen molar-refractivity contribution in [3.05, 3.63) is 16.1 Å². The lowest BCUT2D eigenvalue weighted by molar-refractivity contribution is 0.150. The molecule has 1 saturated heterocycles. The van der Waals surface area contributed by atoms with Gasteiger partial charge in [0, 0.05) is 37.1 Å². The smallest absolute Gasteiger partial charge is 0.191 e. The molecular formula is C19H34IN5S. The van der Waals surface area contributed by atoms with E-state index in [1.54, 1.807) is 11.3 Å². The number of rotatable bonds is 6. The summed E-state index contributed by atoms with van der Waals surface area (Å²) >= 11 is 1.74. The van der Waals surface area contributed by atoms with Gasteiger partial charge in [-0.2, -0.15) is 0 Å². The van der Waals surface area contributed by atoms with Crippen molar-refractivity contribution in [2.24, 2.45) is 4.99 Å². The van der Waals surface area contributed by atoms with Crippen LogP contribution in [0.3, 0.4) is 0 Å². The fourth-order valence-corrected chi connectivity index (χ4v) is 4.67. The van der Waals surface area contributed by atoms with E-state index in [2.05, 4.69) is 39.7 Å². The fourth-order valence-electron chi connectivity index (χ4n) is 3.94. The molecule has 0 aromatic carbocycles. The molecule has 2 fully saturated rings. The normalized spacial score (nSPS) is 20.2. The van der Waals surface area contributed by atoms with Gasteiger partial charge in [-0.1, -0.05) is 19.8 Å². The molecule has 0 radical (unpaired) electrons. The summed E-state index contributed by atoms with van der Waals surface area (Å²) in [5, 5.41) is 10.4. The van der Waals surface area contributed by atoms with Crippen molar-refractivity contribution in [3.8, 4) is 0 Å². The second kappa shape index (κ2) is 11.4. The van der Waals surface area contributed by atoms with E-state index in [0.717, 1.165) is 30.7 Å². The summed E-state index contributed by atoms with van der Waals surface area (Å²) in [5.74, 6) is 0.938. The molecule has 2 aliphatic rings. The molecule has 26 heavy (non-hydrogen) atoms. The average molecular weight is 491 g/mol. The highest BCUT2D eigenvalue weighted by atomic mass is 127. The number of guanidine groups is 1. The molecule has 2 N–H and O–H groups in total. The van der Waals surface area contributed by atoms with Gasteiger partial charge in [0.15, 0.2) is 5.96 Å². The van der Waals surface area contributed by atoms with Gasteiger partial charge in [-0.3, -0.25) is 0 Å². The van der Waals surface area contributed by atoms with E-state index in [1.165, 1.54) is 56.6 Å². The maximum absolute atomic E-state index is 4.75. The molecule has 1 aromatic rings. The van der Waals surface area contributed by atoms with E-state index >= 15 is 0 Å². The zero-order valence-electron chi connectivity index (χ0n) is 16.2. The highest BCUT2D eigenvalue weighted by Gasteiger charge is 2.27. The SMILES string of the molecule is CCNC(=NCc1csc(CC)n1)NC1CCN(C2CCCC2)CC1.I. The number of aromatic nitrogens is 1. The first-order valence-electron chi connectivity index (χ1n) is 10.0. The minimum atomic E-state index is 0. The third-order valence-corrected chi connectivity index (χ3v) is 6.40. The molecule has 148 valence electrons. The summed E-state index contributed by atoms with van der Waals surface area (Å²) in [5.41, 5.74) is 1.08. The van der Waals surface area contributed by atoms with E-state index in [9.17, 15) is 0 Å². The van der Waals surface area contributed by atoms with Crippen molar-refractivity contribution in [2.45, 2.75) is 77.4 Å². The number of likely N-dealkylation sites (tertiary alicyclic amines) is 1. The lowest BCUT2D eigenvalue weighted by Gasteiger charge is -2.36. The summed E-state index contributed by atoms with van der Waals surface area (Å²) < 4.78 is 0. The second-order valence-electron chi connectivity index (χ2n) is 7.17. The molecule has 1 saturated carbocycles. The van der Waals surface area contributed by atoms with Gasteiger partial charge in [-0.15, -0.1) is 35.3 Å². The number of thiazole rings is 1. The van der Waals surface area contributed by atoms with Crippen molar-refractivity contribution in [3.63, 3.8) is 0 Å². The molecule has 7 heteroatoms. The summed E-state index contributed by atoms with van der Waals surface area (Å²) in [4.78, 5) is 12.1. The monoisotopic (exact) mass is 491 g/mol. The first-order chi connectivity index (χ1) is 12.3. The van der Waals surface area contributed by atoms with Crippen LogP contribution in [0.4, 0.5) is 0 Å². The lowest BCUT2D eigenvalue weighted by Crippen LogP contribution is -2.50. The summed E-state index contributed by atoms with van der Waals surface area (Å²) in [6, 6.07) is 1.40. The molecular weight excluding hydrogens is 457 g/mol. The van der Waals surface area contributed by atoms with Crippen molar-refractivity contribution < 1.29 is 0 Å². The summed E-state index contributed by atoms with van der Waals surface area (Å²) in [6.45, 7) is 8.28. The molecule has 1 aliphatic heterocycles. The van der Waals surface area contributed by atoms with Crippen LogP contribution in [0.5, 0.6) is 0 Å². The number of aliphatic imine (C=N–C) groups is 1. The predicted octanol–water partition coefficient (Wildman–Crippen LogP) is 3.79. The number of halogens is 1. The average Bonchev–Trinajstić information content (AvgIpc) is 3.32. The van der Waals surface area contributed by atoms with Crippen LogP contribution in [0.1, 0.15) is 63.1 Å². The van der Waals surface area contributed by atoms with E-state index in [1.807, 2.05) is 0 Å². The standard InChI is InChI=1S/C19H33N5S.HI/c1-3-18-22-16(14-25-18)13-21-19(20-4-2)23-15-9-11-24(12-10-15)17-7-5-6-8-17;/h14-15,17H,3-13H2,1-2H3,(H2,20,21,23);1H. The summed E-state index contributed by atoms with van der Waals surface area (Å²) in [7, 11) is 0. The van der Waals surface area contributed by atoms with Gasteiger partial charge < -0.3 is 15.5 Å². The second-order valence-corrected chi connectivity index (χ2v) is 8.12. The van der Waals surface area contributed by atoms with Gasteiger partial charge in [0.2, 0.25) is 0 Å². The van der Waals surface area contributed by atoms with Crippen LogP contribution >= 0.6 is 35.3 Å². The lowest BCUT2D eigenvalue weighted by atomic mass is 10.0. The summed E-state index contributed by atoms with van der Waals surface area (Å²) in [6.07, 6.45) is 9.12. The van der Waals surface area contributed by atoms with Gasteiger partial charge in [0.25, 0.3) is 0 Å². The third-order valence-electron chi connectivity index (χ3n) is 5.36. The predicted molar refractivity (Wildman–Crippen MR) is 122 cm³/mol. The van der Waals surface area contributed by atoms with Gasteiger partial charge in [-0.25, -0.2) is 9.98 Å². The maximum Gasteiger partial charge on any atom is 0.191 e. The Bertz CT molecular complexity index is 548. The minimum absolute atomic E-state index is 0. The third kappa shape index (κ3) is 6.34. The van der Waals surface area contributed by atoms with Crippen LogP contribution in [0.25, 0.3) is 0 Å². The highest BCUT2D eigenvalue weighted by molar-refractivity contribution is 14.0. The molecule has 0 atom stereocenters. The van der Waals surface area contributed by atoms with Crippen molar-refractivity contribution in [1.29, 1.82) is 0 Å². The topological polar surface area (TPSA) is 52.6 Å². The molecule has 5 nitrogen and oxygen atoms in total. The minimum Gasteiger partial charge on any atom is -0.357 e. The first-order valence-corrected chi connectivity index (χ1v) is 10.9. The molecule has 1 aliphatic carbocycles. The Balaban J connectivity index is 0.00000243. The largest absolute Gasteiger partial charge is 0.357 e. The van der Waals surface area contributed by atoms with Crippen LogP contribution in [0.15, 0.2) is 10.4 Å². The number of nitrogens with one attached hydrogen (secondary N) is 2. The highest BCUT2D eigenvalue weighted by Crippen LogP contribution is 2.26. The Morgan fingerprint density at radius 1 is 1.23 bits per heavy atom. The van der Waals surface area contributed by atoms with Gasteiger partial charge >= 0.3 is 0 Å². The van der Waals surface area contributed by atoms with E-state index in [0.29, 0.717) is 12.6 Å². The number of piperidine rings is 1.